The van der Waals surface area contributed by atoms with Crippen molar-refractivity contribution in [2.45, 2.75) is 36.3 Å². The molecule has 4 rings (SSSR count). The summed E-state index contributed by atoms with van der Waals surface area (Å²) in [4.78, 5) is 7.29. The SMILES string of the molecule is C=CC(I)N1CCCCC1c1ccccc1Nc1cc(C)nc2c(OC)cccc12. The highest BCUT2D eigenvalue weighted by atomic mass is 127. The lowest BCUT2D eigenvalue weighted by atomic mass is 9.93. The summed E-state index contributed by atoms with van der Waals surface area (Å²) < 4.78 is 5.88. The number of fused-ring (bicyclic) bond motifs is 1. The van der Waals surface area contributed by atoms with Crippen molar-refractivity contribution in [1.82, 2.24) is 9.88 Å². The van der Waals surface area contributed by atoms with Gasteiger partial charge in [0, 0.05) is 35.0 Å². The van der Waals surface area contributed by atoms with Crippen LogP contribution in [0.3, 0.4) is 0 Å². The van der Waals surface area contributed by atoms with E-state index >= 15 is 0 Å². The van der Waals surface area contributed by atoms with Crippen LogP contribution in [0.4, 0.5) is 11.4 Å². The Morgan fingerprint density at radius 2 is 2.03 bits per heavy atom. The predicted octanol–water partition coefficient (Wildman–Crippen LogP) is 6.77. The number of pyridine rings is 1. The number of nitrogens with zero attached hydrogens (tertiary/aromatic N) is 2. The van der Waals surface area contributed by atoms with E-state index in [2.05, 4.69) is 75.8 Å². The van der Waals surface area contributed by atoms with Crippen LogP contribution in [0, 0.1) is 6.92 Å². The van der Waals surface area contributed by atoms with E-state index in [-0.39, 0.29) is 0 Å². The van der Waals surface area contributed by atoms with Gasteiger partial charge in [-0.05, 0) is 43.5 Å². The number of alkyl halides is 1. The summed E-state index contributed by atoms with van der Waals surface area (Å²) in [6.45, 7) is 7.16. The van der Waals surface area contributed by atoms with Gasteiger partial charge < -0.3 is 10.1 Å². The van der Waals surface area contributed by atoms with E-state index in [0.717, 1.165) is 46.7 Å². The minimum atomic E-state index is 0.328. The van der Waals surface area contributed by atoms with Gasteiger partial charge in [0.1, 0.15) is 11.3 Å². The van der Waals surface area contributed by atoms with E-state index in [1.165, 1.54) is 18.4 Å². The number of benzene rings is 2. The number of nitrogens with one attached hydrogen (secondary N) is 1. The smallest absolute Gasteiger partial charge is 0.145 e. The Labute approximate surface area is 192 Å². The molecule has 4 nitrogen and oxygen atoms in total. The van der Waals surface area contributed by atoms with E-state index < -0.39 is 0 Å². The van der Waals surface area contributed by atoms with Crippen molar-refractivity contribution in [2.75, 3.05) is 19.0 Å². The van der Waals surface area contributed by atoms with Crippen LogP contribution >= 0.6 is 22.6 Å². The van der Waals surface area contributed by atoms with Crippen LogP contribution < -0.4 is 10.1 Å². The van der Waals surface area contributed by atoms with E-state index in [9.17, 15) is 0 Å². The van der Waals surface area contributed by atoms with Crippen LogP contribution in [-0.2, 0) is 0 Å². The van der Waals surface area contributed by atoms with Crippen molar-refractivity contribution < 1.29 is 4.74 Å². The zero-order valence-electron chi connectivity index (χ0n) is 17.6. The number of hydrogen-bond acceptors (Lipinski definition) is 4. The quantitative estimate of drug-likeness (QED) is 0.171. The molecule has 1 aromatic heterocycles. The second kappa shape index (κ2) is 9.35. The van der Waals surface area contributed by atoms with E-state index in [0.29, 0.717) is 10.1 Å². The van der Waals surface area contributed by atoms with Gasteiger partial charge in [0.05, 0.1) is 11.2 Å². The average Bonchev–Trinajstić information content (AvgIpc) is 2.78. The zero-order valence-corrected chi connectivity index (χ0v) is 19.7. The Bertz CT molecular complexity index is 1050. The molecule has 2 atom stereocenters. The Hall–Kier alpha value is -2.12. The van der Waals surface area contributed by atoms with Crippen LogP contribution in [0.1, 0.15) is 36.6 Å². The van der Waals surface area contributed by atoms with Crippen LogP contribution in [0.25, 0.3) is 10.9 Å². The van der Waals surface area contributed by atoms with Crippen molar-refractivity contribution in [3.8, 4) is 5.75 Å². The molecule has 0 radical (unpaired) electrons. The third kappa shape index (κ3) is 4.18. The fraction of sp³-hybridized carbons (Fsp3) is 0.320. The van der Waals surface area contributed by atoms with Crippen LogP contribution in [-0.4, -0.2) is 27.6 Å². The maximum atomic E-state index is 5.55. The maximum absolute atomic E-state index is 5.55. The summed E-state index contributed by atoms with van der Waals surface area (Å²) in [6, 6.07) is 17.3. The van der Waals surface area contributed by atoms with E-state index in [1.54, 1.807) is 7.11 Å². The first kappa shape index (κ1) is 21.1. The first-order chi connectivity index (χ1) is 14.6. The lowest BCUT2D eigenvalue weighted by Crippen LogP contribution is -2.37. The number of halogens is 1. The fourth-order valence-corrected chi connectivity index (χ4v) is 5.05. The van der Waals surface area contributed by atoms with Gasteiger partial charge in [0.2, 0.25) is 0 Å². The molecule has 0 bridgehead atoms. The molecule has 5 heteroatoms. The number of aromatic nitrogens is 1. The summed E-state index contributed by atoms with van der Waals surface area (Å²) in [7, 11) is 1.69. The highest BCUT2D eigenvalue weighted by Crippen LogP contribution is 2.39. The van der Waals surface area contributed by atoms with Crippen molar-refractivity contribution in [2.24, 2.45) is 0 Å². The highest BCUT2D eigenvalue weighted by molar-refractivity contribution is 14.1. The van der Waals surface area contributed by atoms with Gasteiger partial charge in [-0.25, -0.2) is 4.98 Å². The van der Waals surface area contributed by atoms with Gasteiger partial charge in [0.15, 0.2) is 0 Å². The Kier molecular flexibility index (Phi) is 6.58. The largest absolute Gasteiger partial charge is 0.494 e. The average molecular weight is 513 g/mol. The van der Waals surface area contributed by atoms with Gasteiger partial charge >= 0.3 is 0 Å². The van der Waals surface area contributed by atoms with Crippen LogP contribution in [0.15, 0.2) is 61.2 Å². The third-order valence-corrected chi connectivity index (χ3v) is 7.02. The number of rotatable bonds is 6. The standard InChI is InChI=1S/C25H28IN3O/c1-4-24(26)29-15-8-7-13-22(29)18-10-5-6-12-20(18)28-21-16-17(2)27-25-19(21)11-9-14-23(25)30-3/h4-6,9-12,14,16,22,24H,1,7-8,13,15H2,2-3H3,(H,27,28). The number of anilines is 2. The molecule has 1 aliphatic heterocycles. The summed E-state index contributed by atoms with van der Waals surface area (Å²) >= 11 is 2.49. The number of ether oxygens (including phenoxy) is 1. The van der Waals surface area contributed by atoms with Gasteiger partial charge in [-0.15, -0.1) is 6.58 Å². The molecule has 2 aromatic carbocycles. The normalized spacial score (nSPS) is 18.2. The van der Waals surface area contributed by atoms with Gasteiger partial charge in [0.25, 0.3) is 0 Å². The minimum Gasteiger partial charge on any atom is -0.494 e. The molecule has 2 heterocycles. The topological polar surface area (TPSA) is 37.4 Å². The van der Waals surface area contributed by atoms with Crippen LogP contribution in [0.2, 0.25) is 0 Å². The summed E-state index contributed by atoms with van der Waals surface area (Å²) in [5.41, 5.74) is 5.40. The van der Waals surface area contributed by atoms with Crippen molar-refractivity contribution in [3.63, 3.8) is 0 Å². The second-order valence-electron chi connectivity index (χ2n) is 7.74. The number of piperidine rings is 1. The fourth-order valence-electron chi connectivity index (χ4n) is 4.38. The van der Waals surface area contributed by atoms with Gasteiger partial charge in [-0.2, -0.15) is 0 Å². The molecular formula is C25H28IN3O. The summed E-state index contributed by atoms with van der Waals surface area (Å²) in [6.07, 6.45) is 5.70. The highest BCUT2D eigenvalue weighted by Gasteiger charge is 2.29. The molecule has 0 amide bonds. The number of methoxy groups -OCH3 is 1. The molecule has 1 N–H and O–H groups in total. The molecule has 1 saturated heterocycles. The lowest BCUT2D eigenvalue weighted by Gasteiger charge is -2.39. The molecule has 0 aliphatic carbocycles. The monoisotopic (exact) mass is 513 g/mol. The zero-order chi connectivity index (χ0) is 21.1. The maximum Gasteiger partial charge on any atom is 0.145 e. The second-order valence-corrected chi connectivity index (χ2v) is 9.01. The van der Waals surface area contributed by atoms with Crippen molar-refractivity contribution in [3.05, 3.63) is 72.4 Å². The van der Waals surface area contributed by atoms with E-state index in [1.807, 2.05) is 25.1 Å². The lowest BCUT2D eigenvalue weighted by molar-refractivity contribution is 0.159. The molecule has 3 aromatic rings. The summed E-state index contributed by atoms with van der Waals surface area (Å²) in [5, 5.41) is 4.80. The van der Waals surface area contributed by atoms with Gasteiger partial charge in [-0.3, -0.25) is 4.90 Å². The number of para-hydroxylation sites is 2. The van der Waals surface area contributed by atoms with Gasteiger partial charge in [-0.1, -0.05) is 65.4 Å². The molecule has 1 aliphatic rings. The van der Waals surface area contributed by atoms with Crippen molar-refractivity contribution >= 4 is 44.9 Å². The summed E-state index contributed by atoms with van der Waals surface area (Å²) in [5.74, 6) is 0.796. The van der Waals surface area contributed by atoms with Crippen molar-refractivity contribution in [1.29, 1.82) is 0 Å². The first-order valence-electron chi connectivity index (χ1n) is 10.4. The Morgan fingerprint density at radius 3 is 2.83 bits per heavy atom. The number of likely N-dealkylation sites (tertiary alicyclic amines) is 1. The number of aryl methyl sites for hydroxylation is 1. The molecule has 1 fully saturated rings. The third-order valence-electron chi connectivity index (χ3n) is 5.80. The molecular weight excluding hydrogens is 485 g/mol. The molecule has 0 saturated carbocycles. The Morgan fingerprint density at radius 1 is 1.20 bits per heavy atom. The minimum absolute atomic E-state index is 0.328. The predicted molar refractivity (Wildman–Crippen MR) is 134 cm³/mol. The Balaban J connectivity index is 1.76. The first-order valence-corrected chi connectivity index (χ1v) is 11.7. The number of hydrogen-bond donors (Lipinski definition) is 1. The molecule has 0 spiro atoms. The van der Waals surface area contributed by atoms with E-state index in [4.69, 9.17) is 9.72 Å². The molecule has 2 unspecified atom stereocenters. The molecule has 156 valence electrons. The molecule has 30 heavy (non-hydrogen) atoms. The van der Waals surface area contributed by atoms with Crippen LogP contribution in [0.5, 0.6) is 5.75 Å².